The molecular formula is C6H12O2. The Kier molecular flexibility index (Phi) is 3.48. The minimum atomic E-state index is -0.509. The van der Waals surface area contributed by atoms with Crippen molar-refractivity contribution in [3.05, 3.63) is 11.6 Å². The second-order valence-corrected chi connectivity index (χ2v) is 1.70. The van der Waals surface area contributed by atoms with Gasteiger partial charge in [0.1, 0.15) is 0 Å². The van der Waals surface area contributed by atoms with Gasteiger partial charge < -0.3 is 10.2 Å². The molecule has 0 aromatic rings. The van der Waals surface area contributed by atoms with Crippen molar-refractivity contribution < 1.29 is 10.2 Å². The molecule has 48 valence electrons. The van der Waals surface area contributed by atoms with Crippen molar-refractivity contribution in [2.75, 3.05) is 6.61 Å². The van der Waals surface area contributed by atoms with Crippen LogP contribution in [0.25, 0.3) is 0 Å². The first-order chi connectivity index (χ1) is 3.72. The van der Waals surface area contributed by atoms with Crippen LogP contribution in [-0.2, 0) is 0 Å². The normalized spacial score (nSPS) is 16.2. The van der Waals surface area contributed by atoms with Crippen LogP contribution in [0.1, 0.15) is 13.8 Å². The Morgan fingerprint density at radius 1 is 1.75 bits per heavy atom. The summed E-state index contributed by atoms with van der Waals surface area (Å²) in [6.07, 6.45) is 1.20. The van der Waals surface area contributed by atoms with Crippen LogP contribution in [0.5, 0.6) is 0 Å². The lowest BCUT2D eigenvalue weighted by Gasteiger charge is -2.03. The van der Waals surface area contributed by atoms with Gasteiger partial charge in [-0.25, -0.2) is 0 Å². The van der Waals surface area contributed by atoms with E-state index < -0.39 is 6.10 Å². The van der Waals surface area contributed by atoms with Gasteiger partial charge in [0.25, 0.3) is 0 Å². The molecule has 2 heteroatoms. The van der Waals surface area contributed by atoms with Gasteiger partial charge in [0.2, 0.25) is 0 Å². The molecule has 0 saturated carbocycles. The fourth-order valence-electron chi connectivity index (χ4n) is 0.465. The maximum Gasteiger partial charge on any atom is 0.0743 e. The predicted molar refractivity (Wildman–Crippen MR) is 32.5 cm³/mol. The topological polar surface area (TPSA) is 40.5 Å². The summed E-state index contributed by atoms with van der Waals surface area (Å²) in [5.74, 6) is 0. The SMILES string of the molecule is C/C=C(\CO)[C@H](C)O. The standard InChI is InChI=1S/C6H12O2/c1-3-6(4-7)5(2)8/h3,5,7-8H,4H2,1-2H3/b6-3+/t5-/m0/s1. The molecule has 0 aliphatic heterocycles. The molecular weight excluding hydrogens is 104 g/mol. The first-order valence-electron chi connectivity index (χ1n) is 2.66. The number of rotatable bonds is 2. The summed E-state index contributed by atoms with van der Waals surface area (Å²) in [4.78, 5) is 0. The van der Waals surface area contributed by atoms with Crippen LogP contribution in [0.2, 0.25) is 0 Å². The maximum atomic E-state index is 8.78. The summed E-state index contributed by atoms with van der Waals surface area (Å²) >= 11 is 0. The van der Waals surface area contributed by atoms with Crippen LogP contribution in [0.3, 0.4) is 0 Å². The average Bonchev–Trinajstić information content (AvgIpc) is 1.69. The van der Waals surface area contributed by atoms with Crippen molar-refractivity contribution in [2.24, 2.45) is 0 Å². The molecule has 0 amide bonds. The zero-order valence-corrected chi connectivity index (χ0v) is 5.26. The fraction of sp³-hybridized carbons (Fsp3) is 0.667. The Hall–Kier alpha value is -0.340. The minimum Gasteiger partial charge on any atom is -0.392 e. The molecule has 0 heterocycles. The molecule has 0 fully saturated rings. The van der Waals surface area contributed by atoms with Crippen molar-refractivity contribution in [2.45, 2.75) is 20.0 Å². The molecule has 0 bridgehead atoms. The summed E-state index contributed by atoms with van der Waals surface area (Å²) in [5.41, 5.74) is 0.671. The van der Waals surface area contributed by atoms with Gasteiger partial charge in [0.15, 0.2) is 0 Å². The summed E-state index contributed by atoms with van der Waals surface area (Å²) in [6.45, 7) is 3.37. The molecule has 0 saturated heterocycles. The Balaban J connectivity index is 3.72. The molecule has 0 aromatic carbocycles. The van der Waals surface area contributed by atoms with E-state index in [2.05, 4.69) is 0 Å². The van der Waals surface area contributed by atoms with Crippen LogP contribution in [0, 0.1) is 0 Å². The second-order valence-electron chi connectivity index (χ2n) is 1.70. The van der Waals surface area contributed by atoms with Crippen molar-refractivity contribution in [1.29, 1.82) is 0 Å². The molecule has 0 aromatic heterocycles. The molecule has 2 nitrogen and oxygen atoms in total. The van der Waals surface area contributed by atoms with Crippen molar-refractivity contribution >= 4 is 0 Å². The summed E-state index contributed by atoms with van der Waals surface area (Å²) in [7, 11) is 0. The van der Waals surface area contributed by atoms with Gasteiger partial charge in [0, 0.05) is 0 Å². The first kappa shape index (κ1) is 7.66. The summed E-state index contributed by atoms with van der Waals surface area (Å²) in [5, 5.41) is 17.3. The van der Waals surface area contributed by atoms with E-state index in [0.29, 0.717) is 5.57 Å². The molecule has 1 atom stereocenters. The lowest BCUT2D eigenvalue weighted by atomic mass is 10.2. The van der Waals surface area contributed by atoms with Gasteiger partial charge in [0.05, 0.1) is 12.7 Å². The molecule has 8 heavy (non-hydrogen) atoms. The molecule has 0 unspecified atom stereocenters. The second kappa shape index (κ2) is 3.64. The van der Waals surface area contributed by atoms with E-state index in [1.54, 1.807) is 19.9 Å². The third-order valence-corrected chi connectivity index (χ3v) is 1.09. The van der Waals surface area contributed by atoms with E-state index in [0.717, 1.165) is 0 Å². The van der Waals surface area contributed by atoms with Gasteiger partial charge in [-0.1, -0.05) is 6.08 Å². The zero-order chi connectivity index (χ0) is 6.57. The Bertz CT molecular complexity index is 84.5. The highest BCUT2D eigenvalue weighted by molar-refractivity contribution is 5.04. The van der Waals surface area contributed by atoms with Crippen molar-refractivity contribution in [3.63, 3.8) is 0 Å². The lowest BCUT2D eigenvalue weighted by Crippen LogP contribution is -2.07. The maximum absolute atomic E-state index is 8.78. The highest BCUT2D eigenvalue weighted by Gasteiger charge is 1.98. The number of allylic oxidation sites excluding steroid dienone is 1. The van der Waals surface area contributed by atoms with E-state index in [9.17, 15) is 0 Å². The molecule has 0 rings (SSSR count). The minimum absolute atomic E-state index is 0.0475. The zero-order valence-electron chi connectivity index (χ0n) is 5.26. The largest absolute Gasteiger partial charge is 0.392 e. The number of hydrogen-bond donors (Lipinski definition) is 2. The highest BCUT2D eigenvalue weighted by Crippen LogP contribution is 1.97. The van der Waals surface area contributed by atoms with Gasteiger partial charge in [-0.05, 0) is 19.4 Å². The van der Waals surface area contributed by atoms with Crippen LogP contribution in [0.4, 0.5) is 0 Å². The molecule has 0 aliphatic rings. The third kappa shape index (κ3) is 2.09. The van der Waals surface area contributed by atoms with E-state index in [1.807, 2.05) is 0 Å². The third-order valence-electron chi connectivity index (χ3n) is 1.09. The predicted octanol–water partition coefficient (Wildman–Crippen LogP) is 0.306. The number of hydrogen-bond acceptors (Lipinski definition) is 2. The first-order valence-corrected chi connectivity index (χ1v) is 2.66. The van der Waals surface area contributed by atoms with Crippen molar-refractivity contribution in [3.8, 4) is 0 Å². The van der Waals surface area contributed by atoms with E-state index in [-0.39, 0.29) is 6.61 Å². The molecule has 0 aliphatic carbocycles. The van der Waals surface area contributed by atoms with Gasteiger partial charge in [-0.2, -0.15) is 0 Å². The van der Waals surface area contributed by atoms with Crippen LogP contribution < -0.4 is 0 Å². The number of aliphatic hydroxyl groups is 2. The van der Waals surface area contributed by atoms with Gasteiger partial charge in [-0.15, -0.1) is 0 Å². The molecule has 2 N–H and O–H groups in total. The number of aliphatic hydroxyl groups excluding tert-OH is 2. The van der Waals surface area contributed by atoms with Gasteiger partial charge >= 0.3 is 0 Å². The van der Waals surface area contributed by atoms with Crippen LogP contribution in [0.15, 0.2) is 11.6 Å². The lowest BCUT2D eigenvalue weighted by molar-refractivity contribution is 0.204. The molecule has 0 radical (unpaired) electrons. The summed E-state index contributed by atoms with van der Waals surface area (Å²) in [6, 6.07) is 0. The Morgan fingerprint density at radius 2 is 2.25 bits per heavy atom. The van der Waals surface area contributed by atoms with Crippen molar-refractivity contribution in [1.82, 2.24) is 0 Å². The fourth-order valence-corrected chi connectivity index (χ4v) is 0.465. The van der Waals surface area contributed by atoms with Gasteiger partial charge in [-0.3, -0.25) is 0 Å². The Morgan fingerprint density at radius 3 is 2.25 bits per heavy atom. The summed E-state index contributed by atoms with van der Waals surface area (Å²) < 4.78 is 0. The smallest absolute Gasteiger partial charge is 0.0743 e. The average molecular weight is 116 g/mol. The monoisotopic (exact) mass is 116 g/mol. The van der Waals surface area contributed by atoms with E-state index >= 15 is 0 Å². The van der Waals surface area contributed by atoms with E-state index in [4.69, 9.17) is 10.2 Å². The quantitative estimate of drug-likeness (QED) is 0.509. The van der Waals surface area contributed by atoms with Crippen LogP contribution in [-0.4, -0.2) is 22.9 Å². The van der Waals surface area contributed by atoms with E-state index in [1.165, 1.54) is 0 Å². The van der Waals surface area contributed by atoms with Crippen LogP contribution >= 0.6 is 0 Å². The highest BCUT2D eigenvalue weighted by atomic mass is 16.3. The molecule has 0 spiro atoms. The Labute approximate surface area is 49.5 Å².